The Hall–Kier alpha value is -2.64. The van der Waals surface area contributed by atoms with Gasteiger partial charge in [0, 0.05) is 17.7 Å². The summed E-state index contributed by atoms with van der Waals surface area (Å²) in [5.41, 5.74) is 3.65. The van der Waals surface area contributed by atoms with E-state index < -0.39 is 0 Å². The highest BCUT2D eigenvalue weighted by atomic mass is 16.1. The van der Waals surface area contributed by atoms with Crippen molar-refractivity contribution in [1.29, 1.82) is 5.26 Å². The van der Waals surface area contributed by atoms with Gasteiger partial charge >= 0.3 is 0 Å². The Morgan fingerprint density at radius 1 is 1.00 bits per heavy atom. The predicted octanol–water partition coefficient (Wildman–Crippen LogP) is 2.06. The third-order valence-corrected chi connectivity index (χ3v) is 4.84. The van der Waals surface area contributed by atoms with Crippen LogP contribution in [-0.4, -0.2) is 19.0 Å². The van der Waals surface area contributed by atoms with E-state index in [0.717, 1.165) is 6.54 Å². The van der Waals surface area contributed by atoms with Crippen LogP contribution >= 0.6 is 0 Å². The zero-order valence-corrected chi connectivity index (χ0v) is 14.4. The molecule has 1 aliphatic heterocycles. The Labute approximate surface area is 149 Å². The zero-order valence-electron chi connectivity index (χ0n) is 14.4. The first-order valence-corrected chi connectivity index (χ1v) is 8.95. The Balaban J connectivity index is 1.62. The SMILES string of the molecule is N#Cc1ccc(C(=O)NCc2ccccc2C[NH+]2CCCCC2)cc1. The first kappa shape index (κ1) is 17.2. The Kier molecular flexibility index (Phi) is 5.81. The number of hydrogen-bond acceptors (Lipinski definition) is 2. The van der Waals surface area contributed by atoms with Gasteiger partial charge in [-0.05, 0) is 49.1 Å². The highest BCUT2D eigenvalue weighted by molar-refractivity contribution is 5.94. The van der Waals surface area contributed by atoms with Crippen LogP contribution in [0.4, 0.5) is 0 Å². The molecule has 4 nitrogen and oxygen atoms in total. The predicted molar refractivity (Wildman–Crippen MR) is 97.0 cm³/mol. The maximum atomic E-state index is 12.3. The minimum Gasteiger partial charge on any atom is -0.348 e. The standard InChI is InChI=1S/C21H23N3O/c22-14-17-8-10-18(11-9-17)21(25)23-15-19-6-2-3-7-20(19)16-24-12-4-1-5-13-24/h2-3,6-11H,1,4-5,12-13,15-16H2,(H,23,25)/p+1. The minimum absolute atomic E-state index is 0.107. The molecule has 128 valence electrons. The van der Waals surface area contributed by atoms with Crippen molar-refractivity contribution in [3.63, 3.8) is 0 Å². The zero-order chi connectivity index (χ0) is 17.5. The molecule has 1 aliphatic rings. The molecule has 1 heterocycles. The molecule has 1 fully saturated rings. The smallest absolute Gasteiger partial charge is 0.251 e. The average Bonchev–Trinajstić information content (AvgIpc) is 2.68. The number of benzene rings is 2. The number of amides is 1. The number of carbonyl (C=O) groups is 1. The summed E-state index contributed by atoms with van der Waals surface area (Å²) in [4.78, 5) is 14.0. The summed E-state index contributed by atoms with van der Waals surface area (Å²) in [7, 11) is 0. The fourth-order valence-corrected chi connectivity index (χ4v) is 3.37. The summed E-state index contributed by atoms with van der Waals surface area (Å²) in [5, 5.41) is 11.8. The van der Waals surface area contributed by atoms with Crippen LogP contribution in [0.1, 0.15) is 46.3 Å². The van der Waals surface area contributed by atoms with Gasteiger partial charge in [-0.25, -0.2) is 0 Å². The van der Waals surface area contributed by atoms with Gasteiger partial charge in [0.1, 0.15) is 6.54 Å². The van der Waals surface area contributed by atoms with Gasteiger partial charge in [0.05, 0.1) is 24.7 Å². The third kappa shape index (κ3) is 4.68. The summed E-state index contributed by atoms with van der Waals surface area (Å²) < 4.78 is 0. The molecule has 0 spiro atoms. The van der Waals surface area contributed by atoms with E-state index in [0.29, 0.717) is 17.7 Å². The van der Waals surface area contributed by atoms with Gasteiger partial charge in [-0.2, -0.15) is 5.26 Å². The molecule has 1 amide bonds. The molecule has 3 rings (SSSR count). The molecule has 2 aromatic carbocycles. The van der Waals surface area contributed by atoms with Crippen LogP contribution in [0.5, 0.6) is 0 Å². The van der Waals surface area contributed by atoms with E-state index in [-0.39, 0.29) is 5.91 Å². The lowest BCUT2D eigenvalue weighted by atomic mass is 10.0. The Morgan fingerprint density at radius 2 is 1.68 bits per heavy atom. The lowest BCUT2D eigenvalue weighted by Crippen LogP contribution is -3.11. The second-order valence-corrected chi connectivity index (χ2v) is 6.63. The second kappa shape index (κ2) is 8.46. The largest absolute Gasteiger partial charge is 0.348 e. The topological polar surface area (TPSA) is 57.3 Å². The molecule has 2 N–H and O–H groups in total. The van der Waals surface area contributed by atoms with Crippen LogP contribution < -0.4 is 10.2 Å². The Bertz CT molecular complexity index is 755. The molecule has 25 heavy (non-hydrogen) atoms. The normalized spacial score (nSPS) is 14.7. The highest BCUT2D eigenvalue weighted by Crippen LogP contribution is 2.09. The first-order valence-electron chi connectivity index (χ1n) is 8.95. The summed E-state index contributed by atoms with van der Waals surface area (Å²) in [6.07, 6.45) is 3.98. The van der Waals surface area contributed by atoms with Crippen LogP contribution in [0.2, 0.25) is 0 Å². The highest BCUT2D eigenvalue weighted by Gasteiger charge is 2.16. The van der Waals surface area contributed by atoms with Crippen LogP contribution in [0, 0.1) is 11.3 Å². The van der Waals surface area contributed by atoms with Gasteiger partial charge in [0.15, 0.2) is 0 Å². The molecule has 2 aromatic rings. The van der Waals surface area contributed by atoms with Crippen molar-refractivity contribution in [2.24, 2.45) is 0 Å². The summed E-state index contributed by atoms with van der Waals surface area (Å²) in [6, 6.07) is 17.2. The van der Waals surface area contributed by atoms with E-state index in [1.807, 2.05) is 6.07 Å². The van der Waals surface area contributed by atoms with Gasteiger partial charge in [-0.3, -0.25) is 4.79 Å². The number of nitrogens with zero attached hydrogens (tertiary/aromatic N) is 1. The number of likely N-dealkylation sites (tertiary alicyclic amines) is 1. The van der Waals surface area contributed by atoms with E-state index in [1.54, 1.807) is 29.2 Å². The van der Waals surface area contributed by atoms with Crippen molar-refractivity contribution in [2.45, 2.75) is 32.4 Å². The molecular formula is C21H24N3O+. The third-order valence-electron chi connectivity index (χ3n) is 4.84. The molecule has 1 saturated heterocycles. The number of quaternary nitrogens is 1. The van der Waals surface area contributed by atoms with Crippen molar-refractivity contribution in [3.8, 4) is 6.07 Å². The van der Waals surface area contributed by atoms with Crippen molar-refractivity contribution in [2.75, 3.05) is 13.1 Å². The molecule has 4 heteroatoms. The van der Waals surface area contributed by atoms with Crippen LogP contribution in [0.25, 0.3) is 0 Å². The maximum Gasteiger partial charge on any atom is 0.251 e. The molecule has 0 aromatic heterocycles. The van der Waals surface area contributed by atoms with E-state index >= 15 is 0 Å². The number of rotatable bonds is 5. The van der Waals surface area contributed by atoms with Gasteiger partial charge in [-0.15, -0.1) is 0 Å². The lowest BCUT2D eigenvalue weighted by molar-refractivity contribution is -0.918. The van der Waals surface area contributed by atoms with E-state index in [2.05, 4.69) is 29.6 Å². The van der Waals surface area contributed by atoms with Crippen molar-refractivity contribution < 1.29 is 9.69 Å². The molecule has 0 saturated carbocycles. The summed E-state index contributed by atoms with van der Waals surface area (Å²) >= 11 is 0. The number of carbonyl (C=O) groups excluding carboxylic acids is 1. The van der Waals surface area contributed by atoms with E-state index in [4.69, 9.17) is 5.26 Å². The lowest BCUT2D eigenvalue weighted by Gasteiger charge is -2.24. The van der Waals surface area contributed by atoms with Gasteiger partial charge < -0.3 is 10.2 Å². The molecule has 0 bridgehead atoms. The van der Waals surface area contributed by atoms with E-state index in [9.17, 15) is 4.79 Å². The summed E-state index contributed by atoms with van der Waals surface area (Å²) in [5.74, 6) is -0.107. The summed E-state index contributed by atoms with van der Waals surface area (Å²) in [6.45, 7) is 4.04. The van der Waals surface area contributed by atoms with Crippen LogP contribution in [0.15, 0.2) is 48.5 Å². The molecule has 0 aliphatic carbocycles. The minimum atomic E-state index is -0.107. The average molecular weight is 334 g/mol. The van der Waals surface area contributed by atoms with Gasteiger partial charge in [0.2, 0.25) is 0 Å². The molecule has 0 radical (unpaired) electrons. The van der Waals surface area contributed by atoms with Crippen molar-refractivity contribution in [1.82, 2.24) is 5.32 Å². The maximum absolute atomic E-state index is 12.3. The van der Waals surface area contributed by atoms with Crippen LogP contribution in [0.3, 0.4) is 0 Å². The number of piperidine rings is 1. The van der Waals surface area contributed by atoms with Crippen molar-refractivity contribution >= 4 is 5.91 Å². The van der Waals surface area contributed by atoms with Gasteiger partial charge in [-0.1, -0.05) is 24.3 Å². The first-order chi connectivity index (χ1) is 12.3. The fourth-order valence-electron chi connectivity index (χ4n) is 3.37. The van der Waals surface area contributed by atoms with Crippen LogP contribution in [-0.2, 0) is 13.1 Å². The fraction of sp³-hybridized carbons (Fsp3) is 0.333. The Morgan fingerprint density at radius 3 is 2.36 bits per heavy atom. The number of hydrogen-bond donors (Lipinski definition) is 2. The monoisotopic (exact) mass is 334 g/mol. The number of nitriles is 1. The molecule has 0 unspecified atom stereocenters. The van der Waals surface area contributed by atoms with E-state index in [1.165, 1.54) is 43.5 Å². The van der Waals surface area contributed by atoms with Crippen molar-refractivity contribution in [3.05, 3.63) is 70.8 Å². The quantitative estimate of drug-likeness (QED) is 0.879. The molecule has 0 atom stereocenters. The second-order valence-electron chi connectivity index (χ2n) is 6.63. The number of nitrogens with one attached hydrogen (secondary N) is 2. The van der Waals surface area contributed by atoms with Gasteiger partial charge in [0.25, 0.3) is 5.91 Å². The molecular weight excluding hydrogens is 310 g/mol.